The lowest BCUT2D eigenvalue weighted by molar-refractivity contribution is -0.156. The Morgan fingerprint density at radius 2 is 1.77 bits per heavy atom. The summed E-state index contributed by atoms with van der Waals surface area (Å²) in [5.74, 6) is -4.00. The van der Waals surface area contributed by atoms with Crippen LogP contribution in [-0.2, 0) is 33.8 Å². The molecule has 280 valence electrons. The Morgan fingerprint density at radius 1 is 1.08 bits per heavy atom. The van der Waals surface area contributed by atoms with Crippen LogP contribution in [0.15, 0.2) is 55.3 Å². The second-order valence-corrected chi connectivity index (χ2v) is 18.1. The predicted molar refractivity (Wildman–Crippen MR) is 191 cm³/mol. The fourth-order valence-corrected chi connectivity index (χ4v) is 9.18. The third-order valence-electron chi connectivity index (χ3n) is 10.8. The van der Waals surface area contributed by atoms with E-state index >= 15 is 0 Å². The van der Waals surface area contributed by atoms with E-state index in [9.17, 15) is 32.0 Å². The zero-order valence-electron chi connectivity index (χ0n) is 30.0. The van der Waals surface area contributed by atoms with Gasteiger partial charge in [0.25, 0.3) is 0 Å². The fraction of sp³-hybridized carbons (Fsp3) is 0.564. The van der Waals surface area contributed by atoms with Gasteiger partial charge in [0.2, 0.25) is 11.8 Å². The van der Waals surface area contributed by atoms with Crippen LogP contribution in [0.4, 0.5) is 4.39 Å². The van der Waals surface area contributed by atoms with Crippen molar-refractivity contribution < 1.29 is 41.5 Å². The van der Waals surface area contributed by atoms with Crippen molar-refractivity contribution in [3.05, 3.63) is 61.1 Å². The molecule has 5 atom stereocenters. The van der Waals surface area contributed by atoms with Gasteiger partial charge in [-0.15, -0.1) is 6.58 Å². The van der Waals surface area contributed by atoms with Crippen molar-refractivity contribution in [3.8, 4) is 17.0 Å². The summed E-state index contributed by atoms with van der Waals surface area (Å²) in [5.41, 5.74) is -0.903. The second kappa shape index (κ2) is 14.7. The molecule has 0 bridgehead atoms. The minimum absolute atomic E-state index is 0.0112. The van der Waals surface area contributed by atoms with Gasteiger partial charge in [0.05, 0.1) is 29.8 Å². The number of carbonyl (C=O) groups is 4. The summed E-state index contributed by atoms with van der Waals surface area (Å²) >= 11 is 0. The van der Waals surface area contributed by atoms with Gasteiger partial charge in [-0.2, -0.15) is 0 Å². The first-order valence-electron chi connectivity index (χ1n) is 18.2. The fourth-order valence-electron chi connectivity index (χ4n) is 7.47. The van der Waals surface area contributed by atoms with Crippen LogP contribution in [0.2, 0.25) is 0 Å². The van der Waals surface area contributed by atoms with Crippen LogP contribution in [0.25, 0.3) is 11.3 Å². The molecule has 1 aromatic carbocycles. The highest BCUT2D eigenvalue weighted by Crippen LogP contribution is 2.46. The number of sulfone groups is 1. The highest BCUT2D eigenvalue weighted by Gasteiger charge is 2.61. The second-order valence-electron chi connectivity index (χ2n) is 15.8. The highest BCUT2D eigenvalue weighted by molar-refractivity contribution is 7.93. The number of nitrogens with one attached hydrogen (secondary N) is 1. The van der Waals surface area contributed by atoms with E-state index in [-0.39, 0.29) is 37.7 Å². The molecule has 2 heterocycles. The summed E-state index contributed by atoms with van der Waals surface area (Å²) in [4.78, 5) is 61.3. The van der Waals surface area contributed by atoms with E-state index in [1.165, 1.54) is 17.0 Å². The van der Waals surface area contributed by atoms with Crippen molar-refractivity contribution in [2.75, 3.05) is 12.3 Å². The maximum absolute atomic E-state index is 14.5. The van der Waals surface area contributed by atoms with Crippen molar-refractivity contribution >= 4 is 33.4 Å². The maximum Gasteiger partial charge on any atom is 0.306 e. The summed E-state index contributed by atoms with van der Waals surface area (Å²) in [6, 6.07) is 8.13. The largest absolute Gasteiger partial charge is 0.488 e. The Labute approximate surface area is 304 Å². The summed E-state index contributed by atoms with van der Waals surface area (Å²) < 4.78 is 51.2. The Bertz CT molecular complexity index is 1820. The van der Waals surface area contributed by atoms with Gasteiger partial charge >= 0.3 is 5.97 Å². The van der Waals surface area contributed by atoms with E-state index in [0.29, 0.717) is 29.8 Å². The Morgan fingerprint density at radius 3 is 2.38 bits per heavy atom. The van der Waals surface area contributed by atoms with E-state index in [4.69, 9.17) is 9.47 Å². The van der Waals surface area contributed by atoms with Crippen molar-refractivity contribution in [2.24, 2.45) is 17.3 Å². The first-order valence-corrected chi connectivity index (χ1v) is 19.9. The number of likely N-dealkylation sites (tertiary alicyclic amines) is 1. The summed E-state index contributed by atoms with van der Waals surface area (Å²) in [6.07, 6.45) is 6.97. The van der Waals surface area contributed by atoms with Gasteiger partial charge in [-0.3, -0.25) is 24.2 Å². The molecule has 13 heteroatoms. The molecule has 3 saturated carbocycles. The number of ether oxygens (including phenoxy) is 2. The molecule has 3 aliphatic carbocycles. The minimum atomic E-state index is -3.64. The number of Topliss-reactive ketones (excluding diaryl/α,β-unsaturated/α-hetero) is 1. The molecule has 6 rings (SSSR count). The normalized spacial score (nSPS) is 25.3. The topological polar surface area (TPSA) is 149 Å². The zero-order valence-corrected chi connectivity index (χ0v) is 30.8. The molecule has 1 aromatic heterocycles. The van der Waals surface area contributed by atoms with Gasteiger partial charge in [-0.1, -0.05) is 26.8 Å². The number of carbonyl (C=O) groups excluding carboxylic acids is 4. The highest BCUT2D eigenvalue weighted by atomic mass is 32.2. The lowest BCUT2D eigenvalue weighted by atomic mass is 9.77. The van der Waals surface area contributed by atoms with E-state index in [2.05, 4.69) is 16.9 Å². The monoisotopic (exact) mass is 737 g/mol. The molecule has 0 spiro atoms. The Hall–Kier alpha value is -4.13. The lowest BCUT2D eigenvalue weighted by Gasteiger charge is -2.35. The van der Waals surface area contributed by atoms with E-state index in [1.807, 2.05) is 20.8 Å². The van der Waals surface area contributed by atoms with Crippen LogP contribution in [0.3, 0.4) is 0 Å². The van der Waals surface area contributed by atoms with E-state index in [1.54, 1.807) is 36.5 Å². The van der Waals surface area contributed by atoms with Crippen molar-refractivity contribution in [2.45, 2.75) is 108 Å². The quantitative estimate of drug-likeness (QED) is 0.209. The van der Waals surface area contributed by atoms with Gasteiger partial charge in [-0.05, 0) is 80.7 Å². The molecular formula is C39H48FN3O8S. The van der Waals surface area contributed by atoms with Gasteiger partial charge in [0, 0.05) is 30.2 Å². The van der Waals surface area contributed by atoms with Crippen LogP contribution in [0.1, 0.15) is 78.6 Å². The molecule has 52 heavy (non-hydrogen) atoms. The van der Waals surface area contributed by atoms with Crippen LogP contribution in [0, 0.1) is 23.1 Å². The number of benzene rings is 1. The number of hydrogen-bond acceptors (Lipinski definition) is 9. The predicted octanol–water partition coefficient (Wildman–Crippen LogP) is 4.98. The van der Waals surface area contributed by atoms with Crippen LogP contribution >= 0.6 is 0 Å². The number of esters is 1. The number of rotatable bonds is 14. The number of nitrogens with zero attached hydrogens (tertiary/aromatic N) is 2. The molecule has 2 aromatic rings. The summed E-state index contributed by atoms with van der Waals surface area (Å²) in [5, 5.41) is 2.33. The third kappa shape index (κ3) is 8.40. The van der Waals surface area contributed by atoms with Crippen molar-refractivity contribution in [3.63, 3.8) is 0 Å². The smallest absolute Gasteiger partial charge is 0.306 e. The van der Waals surface area contributed by atoms with Crippen LogP contribution in [0.5, 0.6) is 5.75 Å². The van der Waals surface area contributed by atoms with Gasteiger partial charge < -0.3 is 19.7 Å². The maximum atomic E-state index is 14.5. The standard InChI is InChI=1S/C39H48FN3O8S/c1-5-25-21-39(25,34(44)23-52(48,49)30-14-15-30)42-36(46)33-19-29(50-28-16-17-41-32(18-28)24-10-12-26(40)13-11-24)22-43(33)37(47)31(38(2,3)4)20-35(45)51-27-8-6-7-9-27/h5,10-13,16-18,25,27,29-31,33H,1,6-9,14-15,19-23H2,2-4H3,(H,42,46)/t25-,29-,31-,33+,39-/m1/s1. The number of hydrogen-bond donors (Lipinski definition) is 1. The van der Waals surface area contributed by atoms with Gasteiger partial charge in [-0.25, -0.2) is 12.8 Å². The molecule has 1 saturated heterocycles. The van der Waals surface area contributed by atoms with E-state index in [0.717, 1.165) is 25.7 Å². The number of halogens is 1. The minimum Gasteiger partial charge on any atom is -0.488 e. The number of aromatic nitrogens is 1. The molecule has 0 unspecified atom stereocenters. The zero-order chi connectivity index (χ0) is 37.4. The van der Waals surface area contributed by atoms with Crippen LogP contribution < -0.4 is 10.1 Å². The molecule has 0 radical (unpaired) electrons. The molecule has 4 aliphatic rings. The summed E-state index contributed by atoms with van der Waals surface area (Å²) in [7, 11) is -3.64. The summed E-state index contributed by atoms with van der Waals surface area (Å²) in [6.45, 7) is 9.38. The van der Waals surface area contributed by atoms with Gasteiger partial charge in [0.1, 0.15) is 41.1 Å². The molecule has 11 nitrogen and oxygen atoms in total. The van der Waals surface area contributed by atoms with E-state index < -0.39 is 79.3 Å². The SMILES string of the molecule is C=C[C@@H]1C[C@]1(NC(=O)[C@@H]1C[C@@H](Oc2ccnc(-c3ccc(F)cc3)c2)CN1C(=O)[C@@H](CC(=O)OC1CCCC1)C(C)(C)C)C(=O)CS(=O)(=O)C1CC1. The van der Waals surface area contributed by atoms with Crippen molar-refractivity contribution in [1.29, 1.82) is 0 Å². The third-order valence-corrected chi connectivity index (χ3v) is 13.0. The Kier molecular flexibility index (Phi) is 10.6. The van der Waals surface area contributed by atoms with Crippen LogP contribution in [-0.4, -0.2) is 83.2 Å². The Balaban J connectivity index is 1.25. The molecule has 1 N–H and O–H groups in total. The molecule has 4 fully saturated rings. The molecule has 1 aliphatic heterocycles. The van der Waals surface area contributed by atoms with Crippen molar-refractivity contribution in [1.82, 2.24) is 15.2 Å². The average molecular weight is 738 g/mol. The molecular weight excluding hydrogens is 690 g/mol. The first kappa shape index (κ1) is 37.6. The van der Waals surface area contributed by atoms with Gasteiger partial charge in [0.15, 0.2) is 15.6 Å². The lowest BCUT2D eigenvalue weighted by Crippen LogP contribution is -2.55. The number of pyridine rings is 1. The first-order chi connectivity index (χ1) is 24.6. The average Bonchev–Trinajstić information content (AvgIpc) is 3.97. The molecule has 2 amide bonds. The number of ketones is 1. The number of amides is 2.